The monoisotopic (exact) mass is 201 g/mol. The minimum atomic E-state index is -10.7. The van der Waals surface area contributed by atoms with Crippen molar-refractivity contribution in [1.82, 2.24) is 0 Å². The normalized spacial score (nSPS) is 16.5. The molecule has 0 aromatic rings. The molecular weight excluding hydrogens is 195 g/mol. The van der Waals surface area contributed by atoms with Gasteiger partial charge in [0.05, 0.1) is 6.42 Å². The van der Waals surface area contributed by atoms with Crippen molar-refractivity contribution < 1.29 is 30.4 Å². The fourth-order valence-electron chi connectivity index (χ4n) is 0. The summed E-state index contributed by atoms with van der Waals surface area (Å²) in [5, 5.41) is 6.20. The first-order valence-corrected chi connectivity index (χ1v) is 4.35. The van der Waals surface area contributed by atoms with Crippen LogP contribution in [0.5, 0.6) is 0 Å². The fraction of sp³-hybridized carbons (Fsp3) is 0.667. The third kappa shape index (κ3) is 2140. The van der Waals surface area contributed by atoms with Gasteiger partial charge in [0.15, 0.2) is 0 Å². The molecule has 0 amide bonds. The molecule has 0 saturated carbocycles. The number of halogens is 6. The van der Waals surface area contributed by atoms with Gasteiger partial charge in [-0.2, -0.15) is 0 Å². The summed E-state index contributed by atoms with van der Waals surface area (Å²) in [5.41, 5.74) is 0. The van der Waals surface area contributed by atoms with Crippen molar-refractivity contribution in [1.29, 1.82) is 0 Å². The van der Waals surface area contributed by atoms with E-state index in [0.717, 1.165) is 6.42 Å². The van der Waals surface area contributed by atoms with E-state index < -0.39 is 7.81 Å². The molecule has 0 aliphatic rings. The van der Waals surface area contributed by atoms with Gasteiger partial charge in [0, 0.05) is 0 Å². The molecular formula is C3H6F6NP. The van der Waals surface area contributed by atoms with Crippen LogP contribution in [0.4, 0.5) is 25.2 Å². The van der Waals surface area contributed by atoms with Crippen LogP contribution in [0.25, 0.3) is 0 Å². The Bertz CT molecular complexity index is 146. The van der Waals surface area contributed by atoms with E-state index in [2.05, 4.69) is 6.07 Å². The topological polar surface area (TPSA) is 23.8 Å². The Morgan fingerprint density at radius 3 is 1.18 bits per heavy atom. The number of rotatable bonds is 0. The number of hydrogen-bond donors (Lipinski definition) is 1. The van der Waals surface area contributed by atoms with E-state index in [4.69, 9.17) is 5.26 Å². The van der Waals surface area contributed by atoms with Crippen molar-refractivity contribution in [3.63, 3.8) is 0 Å². The first-order valence-electron chi connectivity index (χ1n) is 2.32. The van der Waals surface area contributed by atoms with Gasteiger partial charge in [-0.1, -0.05) is 0 Å². The predicted octanol–water partition coefficient (Wildman–Crippen LogP) is 2.55. The minimum absolute atomic E-state index is 0.736. The molecule has 70 valence electrons. The zero-order valence-electron chi connectivity index (χ0n) is 5.42. The molecule has 0 aromatic carbocycles. The van der Waals surface area contributed by atoms with Crippen molar-refractivity contribution in [3.05, 3.63) is 0 Å². The van der Waals surface area contributed by atoms with Crippen molar-refractivity contribution in [2.45, 2.75) is 13.3 Å². The van der Waals surface area contributed by atoms with Gasteiger partial charge in [-0.3, -0.25) is 0 Å². The number of nitrogens with one attached hydrogen (secondary N) is 1. The van der Waals surface area contributed by atoms with Gasteiger partial charge in [0.1, 0.15) is 0 Å². The fourth-order valence-corrected chi connectivity index (χ4v) is 0. The van der Waals surface area contributed by atoms with Gasteiger partial charge in [-0.15, -0.1) is 5.26 Å². The third-order valence-corrected chi connectivity index (χ3v) is 0.177. The van der Waals surface area contributed by atoms with E-state index in [0.29, 0.717) is 0 Å². The molecule has 0 atom stereocenters. The van der Waals surface area contributed by atoms with E-state index in [-0.39, 0.29) is 0 Å². The Hall–Kier alpha value is -0.500. The summed E-state index contributed by atoms with van der Waals surface area (Å²) in [6, 6.07) is 2.18. The molecule has 8 heteroatoms. The standard InChI is InChI=1S/C3H5N.F6P/c1-2-3-4;1-7(2,3,4,5)6/h2H2,1H3;/q;-1/p+1. The van der Waals surface area contributed by atoms with Crippen LogP contribution < -0.4 is 5.26 Å². The molecule has 0 bridgehead atoms. The van der Waals surface area contributed by atoms with Crippen molar-refractivity contribution in [2.24, 2.45) is 0 Å². The maximum absolute atomic E-state index is 10.7. The van der Waals surface area contributed by atoms with E-state index in [1.54, 1.807) is 0 Å². The molecule has 0 heterocycles. The summed E-state index contributed by atoms with van der Waals surface area (Å²) in [6.07, 6.45) is 0.736. The molecule has 0 radical (unpaired) electrons. The molecule has 0 rings (SSSR count). The third-order valence-electron chi connectivity index (χ3n) is 0.177. The van der Waals surface area contributed by atoms with Gasteiger partial charge in [0.25, 0.3) is 6.07 Å². The van der Waals surface area contributed by atoms with Gasteiger partial charge in [0.2, 0.25) is 0 Å². The summed E-state index contributed by atoms with van der Waals surface area (Å²) >= 11 is 0. The summed E-state index contributed by atoms with van der Waals surface area (Å²) in [7, 11) is -10.7. The summed E-state index contributed by atoms with van der Waals surface area (Å²) in [4.78, 5) is 0. The van der Waals surface area contributed by atoms with Crippen LogP contribution in [-0.2, 0) is 0 Å². The van der Waals surface area contributed by atoms with Crippen molar-refractivity contribution >= 4 is 7.81 Å². The van der Waals surface area contributed by atoms with Crippen LogP contribution >= 0.6 is 7.81 Å². The quantitative estimate of drug-likeness (QED) is 0.460. The molecule has 1 nitrogen and oxygen atoms in total. The Balaban J connectivity index is 0. The Morgan fingerprint density at radius 1 is 1.09 bits per heavy atom. The Labute approximate surface area is 58.8 Å². The van der Waals surface area contributed by atoms with E-state index >= 15 is 0 Å². The summed E-state index contributed by atoms with van der Waals surface area (Å²) < 4.78 is 59.2. The van der Waals surface area contributed by atoms with Crippen LogP contribution in [0.2, 0.25) is 0 Å². The molecule has 0 aliphatic heterocycles. The van der Waals surface area contributed by atoms with E-state index in [1.165, 1.54) is 0 Å². The van der Waals surface area contributed by atoms with Crippen molar-refractivity contribution in [2.75, 3.05) is 0 Å². The van der Waals surface area contributed by atoms with Gasteiger partial charge in [-0.25, -0.2) is 0 Å². The Morgan fingerprint density at radius 2 is 1.18 bits per heavy atom. The molecule has 11 heavy (non-hydrogen) atoms. The average Bonchev–Trinajstić information content (AvgIpc) is 1.57. The first-order chi connectivity index (χ1) is 4.36. The SMILES string of the molecule is CCC#[NH+].F[P-](F)(F)(F)(F)F. The van der Waals surface area contributed by atoms with E-state index in [9.17, 15) is 25.2 Å². The Kier molecular flexibility index (Phi) is 3.01. The zero-order valence-corrected chi connectivity index (χ0v) is 6.32. The van der Waals surface area contributed by atoms with Crippen LogP contribution in [0.15, 0.2) is 0 Å². The van der Waals surface area contributed by atoms with E-state index in [1.807, 2.05) is 6.92 Å². The van der Waals surface area contributed by atoms with Crippen molar-refractivity contribution in [3.8, 4) is 6.07 Å². The second kappa shape index (κ2) is 2.52. The summed E-state index contributed by atoms with van der Waals surface area (Å²) in [6.45, 7) is 1.88. The molecule has 0 spiro atoms. The van der Waals surface area contributed by atoms with Crippen LogP contribution in [-0.4, -0.2) is 0 Å². The molecule has 1 N–H and O–H groups in total. The van der Waals surface area contributed by atoms with Gasteiger partial charge in [-0.05, 0) is 6.92 Å². The second-order valence-corrected chi connectivity index (χ2v) is 3.41. The van der Waals surface area contributed by atoms with Crippen LogP contribution in [0.1, 0.15) is 13.3 Å². The average molecular weight is 201 g/mol. The van der Waals surface area contributed by atoms with Gasteiger partial charge >= 0.3 is 33.0 Å². The number of hydrogen-bond acceptors (Lipinski definition) is 0. The summed E-state index contributed by atoms with van der Waals surface area (Å²) in [5.74, 6) is 0. The molecule has 0 fully saturated rings. The second-order valence-electron chi connectivity index (χ2n) is 1.49. The molecule has 0 saturated heterocycles. The molecule has 0 aliphatic carbocycles. The van der Waals surface area contributed by atoms with Crippen LogP contribution in [0.3, 0.4) is 0 Å². The molecule has 0 aromatic heterocycles. The first kappa shape index (κ1) is 13.1. The predicted molar refractivity (Wildman–Crippen MR) is 28.7 cm³/mol. The van der Waals surface area contributed by atoms with Gasteiger partial charge < -0.3 is 0 Å². The maximum atomic E-state index is 9.87. The van der Waals surface area contributed by atoms with Crippen LogP contribution in [0, 0.1) is 6.07 Å². The zero-order chi connectivity index (χ0) is 9.82. The molecule has 0 unspecified atom stereocenters.